The lowest BCUT2D eigenvalue weighted by Gasteiger charge is -2.19. The predicted octanol–water partition coefficient (Wildman–Crippen LogP) is 3.91. The van der Waals surface area contributed by atoms with E-state index in [9.17, 15) is 9.18 Å². The van der Waals surface area contributed by atoms with E-state index in [1.54, 1.807) is 39.5 Å². The molecule has 0 radical (unpaired) electrons. The van der Waals surface area contributed by atoms with Gasteiger partial charge in [-0.15, -0.1) is 0 Å². The van der Waals surface area contributed by atoms with Gasteiger partial charge in [0.05, 0.1) is 21.3 Å². The average Bonchev–Trinajstić information content (AvgIpc) is 3.00. The Labute approximate surface area is 159 Å². The van der Waals surface area contributed by atoms with Crippen molar-refractivity contribution in [2.75, 3.05) is 27.9 Å². The number of amides is 1. The number of nitrogens with zero attached hydrogens (tertiary/aromatic N) is 1. The van der Waals surface area contributed by atoms with Gasteiger partial charge in [-0.2, -0.15) is 0 Å². The molecule has 1 saturated heterocycles. The molecule has 1 heterocycles. The Morgan fingerprint density at radius 3 is 2.00 bits per heavy atom. The van der Waals surface area contributed by atoms with E-state index in [1.807, 2.05) is 24.0 Å². The lowest BCUT2D eigenvalue weighted by atomic mass is 10.1. The summed E-state index contributed by atoms with van der Waals surface area (Å²) in [4.78, 5) is 13.8. The quantitative estimate of drug-likeness (QED) is 0.795. The second kappa shape index (κ2) is 9.80. The molecule has 146 valence electrons. The highest BCUT2D eigenvalue weighted by Crippen LogP contribution is 2.38. The van der Waals surface area contributed by atoms with Crippen molar-refractivity contribution in [1.82, 2.24) is 4.90 Å². The molecular formula is C21H26FNO4. The number of likely N-dealkylation sites (tertiary alicyclic amines) is 1. The van der Waals surface area contributed by atoms with E-state index in [0.29, 0.717) is 23.8 Å². The fourth-order valence-corrected chi connectivity index (χ4v) is 2.91. The second-order valence-corrected chi connectivity index (χ2v) is 6.28. The van der Waals surface area contributed by atoms with Gasteiger partial charge in [0, 0.05) is 19.0 Å². The van der Waals surface area contributed by atoms with Crippen LogP contribution in [0.5, 0.6) is 17.2 Å². The van der Waals surface area contributed by atoms with Gasteiger partial charge < -0.3 is 19.1 Å². The topological polar surface area (TPSA) is 48.0 Å². The van der Waals surface area contributed by atoms with Gasteiger partial charge in [-0.1, -0.05) is 25.1 Å². The van der Waals surface area contributed by atoms with Gasteiger partial charge in [0.15, 0.2) is 11.5 Å². The molecule has 1 amide bonds. The molecule has 0 N–H and O–H groups in total. The van der Waals surface area contributed by atoms with Crippen molar-refractivity contribution in [3.05, 3.63) is 53.8 Å². The minimum Gasteiger partial charge on any atom is -0.493 e. The molecule has 0 bridgehead atoms. The van der Waals surface area contributed by atoms with Gasteiger partial charge in [0.2, 0.25) is 11.7 Å². The Balaban J connectivity index is 0.000000313. The number of halogens is 1. The molecule has 5 nitrogen and oxygen atoms in total. The number of carbonyl (C=O) groups excluding carboxylic acids is 1. The van der Waals surface area contributed by atoms with Crippen LogP contribution in [0.4, 0.5) is 4.39 Å². The second-order valence-electron chi connectivity index (χ2n) is 6.28. The van der Waals surface area contributed by atoms with Crippen molar-refractivity contribution in [3.63, 3.8) is 0 Å². The van der Waals surface area contributed by atoms with Crippen molar-refractivity contribution >= 4 is 5.91 Å². The summed E-state index contributed by atoms with van der Waals surface area (Å²) >= 11 is 0. The molecule has 0 aromatic heterocycles. The minimum atomic E-state index is -0.178. The third-order valence-corrected chi connectivity index (χ3v) is 4.40. The summed E-state index contributed by atoms with van der Waals surface area (Å²) in [5.41, 5.74) is 0.974. The van der Waals surface area contributed by atoms with Gasteiger partial charge in [0.25, 0.3) is 0 Å². The van der Waals surface area contributed by atoms with Crippen molar-refractivity contribution in [1.29, 1.82) is 0 Å². The molecule has 3 rings (SSSR count). The number of methoxy groups -OCH3 is 3. The molecule has 1 atom stereocenters. The highest BCUT2D eigenvalue weighted by atomic mass is 19.1. The first-order valence-corrected chi connectivity index (χ1v) is 8.78. The van der Waals surface area contributed by atoms with Gasteiger partial charge >= 0.3 is 0 Å². The molecule has 1 aliphatic rings. The summed E-state index contributed by atoms with van der Waals surface area (Å²) in [6.07, 6.45) is 0.920. The Hall–Kier alpha value is -2.76. The predicted molar refractivity (Wildman–Crippen MR) is 102 cm³/mol. The smallest absolute Gasteiger partial charge is 0.225 e. The molecule has 0 spiro atoms. The van der Waals surface area contributed by atoms with Crippen molar-refractivity contribution < 1.29 is 23.4 Å². The number of carbonyl (C=O) groups is 1. The Bertz CT molecular complexity index is 726. The van der Waals surface area contributed by atoms with Crippen LogP contribution in [0, 0.1) is 11.7 Å². The molecule has 1 fully saturated rings. The Morgan fingerprint density at radius 2 is 1.63 bits per heavy atom. The van der Waals surface area contributed by atoms with Gasteiger partial charge in [0.1, 0.15) is 5.82 Å². The van der Waals surface area contributed by atoms with Gasteiger partial charge in [-0.05, 0) is 36.2 Å². The fourth-order valence-electron chi connectivity index (χ4n) is 2.91. The standard InChI is InChI=1S/C15H21NO4.C6H5F/c1-10-5-6-16(15(10)17)9-11-7-12(18-2)14(20-4)13(8-11)19-3;7-6-4-2-1-3-5-6/h7-8,10H,5-6,9H2,1-4H3;1-5H. The van der Waals surface area contributed by atoms with Crippen molar-refractivity contribution in [2.24, 2.45) is 5.92 Å². The minimum absolute atomic E-state index is 0.122. The number of ether oxygens (including phenoxy) is 3. The summed E-state index contributed by atoms with van der Waals surface area (Å²) in [6, 6.07) is 11.7. The zero-order valence-corrected chi connectivity index (χ0v) is 16.2. The number of benzene rings is 2. The molecule has 1 aliphatic heterocycles. The zero-order chi connectivity index (χ0) is 19.8. The highest BCUT2D eigenvalue weighted by Gasteiger charge is 2.28. The summed E-state index contributed by atoms with van der Waals surface area (Å²) in [6.45, 7) is 3.34. The molecule has 2 aromatic rings. The van der Waals surface area contributed by atoms with E-state index < -0.39 is 0 Å². The van der Waals surface area contributed by atoms with E-state index in [1.165, 1.54) is 12.1 Å². The van der Waals surface area contributed by atoms with Crippen LogP contribution in [0.15, 0.2) is 42.5 Å². The fraction of sp³-hybridized carbons (Fsp3) is 0.381. The molecular weight excluding hydrogens is 349 g/mol. The number of hydrogen-bond donors (Lipinski definition) is 0. The molecule has 0 saturated carbocycles. The first-order chi connectivity index (χ1) is 13.0. The molecule has 2 aromatic carbocycles. The van der Waals surface area contributed by atoms with Crippen LogP contribution in [0.3, 0.4) is 0 Å². The van der Waals surface area contributed by atoms with E-state index >= 15 is 0 Å². The third kappa shape index (κ3) is 5.36. The molecule has 6 heteroatoms. The van der Waals surface area contributed by atoms with Crippen LogP contribution in [-0.4, -0.2) is 38.7 Å². The van der Waals surface area contributed by atoms with Crippen LogP contribution < -0.4 is 14.2 Å². The normalized spacial score (nSPS) is 15.8. The van der Waals surface area contributed by atoms with Crippen LogP contribution in [0.1, 0.15) is 18.9 Å². The summed E-state index contributed by atoms with van der Waals surface area (Å²) in [5, 5.41) is 0. The van der Waals surface area contributed by atoms with E-state index in [4.69, 9.17) is 14.2 Å². The van der Waals surface area contributed by atoms with Gasteiger partial charge in [-0.25, -0.2) is 4.39 Å². The largest absolute Gasteiger partial charge is 0.493 e. The molecule has 27 heavy (non-hydrogen) atoms. The monoisotopic (exact) mass is 375 g/mol. The maximum atomic E-state index is 12.0. The van der Waals surface area contributed by atoms with E-state index in [2.05, 4.69) is 0 Å². The summed E-state index contributed by atoms with van der Waals surface area (Å²) < 4.78 is 27.8. The van der Waals surface area contributed by atoms with Crippen LogP contribution in [0.25, 0.3) is 0 Å². The van der Waals surface area contributed by atoms with E-state index in [-0.39, 0.29) is 17.6 Å². The highest BCUT2D eigenvalue weighted by molar-refractivity contribution is 5.80. The van der Waals surface area contributed by atoms with Crippen molar-refractivity contribution in [3.8, 4) is 17.2 Å². The van der Waals surface area contributed by atoms with Gasteiger partial charge in [-0.3, -0.25) is 4.79 Å². The maximum Gasteiger partial charge on any atom is 0.225 e. The Kier molecular flexibility index (Phi) is 7.46. The first kappa shape index (κ1) is 20.6. The third-order valence-electron chi connectivity index (χ3n) is 4.40. The number of hydrogen-bond acceptors (Lipinski definition) is 4. The number of rotatable bonds is 5. The van der Waals surface area contributed by atoms with Crippen LogP contribution in [0.2, 0.25) is 0 Å². The van der Waals surface area contributed by atoms with Crippen molar-refractivity contribution in [2.45, 2.75) is 19.9 Å². The maximum absolute atomic E-state index is 12.0. The van der Waals surface area contributed by atoms with E-state index in [0.717, 1.165) is 18.5 Å². The lowest BCUT2D eigenvalue weighted by Crippen LogP contribution is -2.26. The summed E-state index contributed by atoms with van der Waals surface area (Å²) in [7, 11) is 4.75. The molecule has 1 unspecified atom stereocenters. The first-order valence-electron chi connectivity index (χ1n) is 8.78. The van der Waals surface area contributed by atoms with Crippen LogP contribution in [-0.2, 0) is 11.3 Å². The van der Waals surface area contributed by atoms with Crippen LogP contribution >= 0.6 is 0 Å². The average molecular weight is 375 g/mol. The zero-order valence-electron chi connectivity index (χ0n) is 16.2. The summed E-state index contributed by atoms with van der Waals surface area (Å²) in [5.74, 6) is 1.95. The molecule has 0 aliphatic carbocycles. The SMILES string of the molecule is COc1cc(CN2CCC(C)C2=O)cc(OC)c1OC.Fc1ccccc1. The lowest BCUT2D eigenvalue weighted by molar-refractivity contribution is -0.131. The Morgan fingerprint density at radius 1 is 1.04 bits per heavy atom.